The topological polar surface area (TPSA) is 113 Å². The van der Waals surface area contributed by atoms with E-state index in [4.69, 9.17) is 14.3 Å². The minimum Gasteiger partial charge on any atom is -0.465 e. The summed E-state index contributed by atoms with van der Waals surface area (Å²) in [6.07, 6.45) is 4.25. The molecule has 0 unspecified atom stereocenters. The molecule has 2 saturated heterocycles. The summed E-state index contributed by atoms with van der Waals surface area (Å²) < 4.78 is 12.4. The Morgan fingerprint density at radius 2 is 1.71 bits per heavy atom. The second kappa shape index (κ2) is 8.92. The summed E-state index contributed by atoms with van der Waals surface area (Å²) >= 11 is 0. The van der Waals surface area contributed by atoms with Crippen molar-refractivity contribution in [2.24, 2.45) is 0 Å². The van der Waals surface area contributed by atoms with Gasteiger partial charge in [0.1, 0.15) is 5.82 Å². The molecule has 0 radical (unpaired) electrons. The van der Waals surface area contributed by atoms with Crippen molar-refractivity contribution in [3.8, 4) is 22.5 Å². The molecule has 0 saturated carbocycles. The SMILES string of the molecule is CC1(C)OB(c2ccc3nc(-c4ccc(-c5cnc([C@@H]6CCCN6C(=O)O)[nH]5)cc4)cnc3c2)OC1(C)C. The molecule has 4 aromatic rings. The standard InChI is InChI=1S/C28H30BN5O4/c1-27(2)28(3,4)38-29(37-27)19-11-12-20-21(14-19)30-15-22(32-20)17-7-9-18(10-8-17)23-16-31-25(33-23)24-6-5-13-34(24)26(35)36/h7-12,14-16,24H,5-6,13H2,1-4H3,(H,31,33)(H,35,36)/t24-/m0/s1. The van der Waals surface area contributed by atoms with E-state index in [1.807, 2.05) is 70.2 Å². The quantitative estimate of drug-likeness (QED) is 0.379. The van der Waals surface area contributed by atoms with E-state index < -0.39 is 24.4 Å². The Morgan fingerprint density at radius 1 is 1.00 bits per heavy atom. The minimum atomic E-state index is -0.907. The summed E-state index contributed by atoms with van der Waals surface area (Å²) in [5, 5.41) is 9.44. The number of aromatic nitrogens is 4. The molecular weight excluding hydrogens is 481 g/mol. The van der Waals surface area contributed by atoms with Crippen molar-refractivity contribution in [3.63, 3.8) is 0 Å². The Morgan fingerprint density at radius 3 is 2.42 bits per heavy atom. The van der Waals surface area contributed by atoms with Crippen LogP contribution in [0, 0.1) is 0 Å². The number of fused-ring (bicyclic) bond motifs is 1. The Kier molecular flexibility index (Phi) is 5.77. The molecule has 0 spiro atoms. The molecule has 0 bridgehead atoms. The first kappa shape index (κ1) is 24.6. The van der Waals surface area contributed by atoms with Crippen LogP contribution in [0.25, 0.3) is 33.5 Å². The molecule has 10 heteroatoms. The van der Waals surface area contributed by atoms with Crippen LogP contribution in [0.1, 0.15) is 52.4 Å². The number of nitrogens with one attached hydrogen (secondary N) is 1. The van der Waals surface area contributed by atoms with E-state index in [9.17, 15) is 9.90 Å². The van der Waals surface area contributed by atoms with Crippen LogP contribution in [0.3, 0.4) is 0 Å². The highest BCUT2D eigenvalue weighted by Gasteiger charge is 2.51. The molecule has 2 aromatic heterocycles. The molecule has 2 N–H and O–H groups in total. The first-order valence-corrected chi connectivity index (χ1v) is 12.9. The Bertz CT molecular complexity index is 1500. The van der Waals surface area contributed by atoms with Crippen LogP contribution in [-0.2, 0) is 9.31 Å². The van der Waals surface area contributed by atoms with E-state index in [1.165, 1.54) is 4.90 Å². The van der Waals surface area contributed by atoms with Crippen LogP contribution >= 0.6 is 0 Å². The number of nitrogens with zero attached hydrogens (tertiary/aromatic N) is 4. The summed E-state index contributed by atoms with van der Waals surface area (Å²) in [5.74, 6) is 0.685. The van der Waals surface area contributed by atoms with Crippen molar-refractivity contribution >= 4 is 29.7 Å². The highest BCUT2D eigenvalue weighted by atomic mass is 16.7. The third-order valence-corrected chi connectivity index (χ3v) is 7.99. The van der Waals surface area contributed by atoms with Crippen molar-refractivity contribution < 1.29 is 19.2 Å². The van der Waals surface area contributed by atoms with Gasteiger partial charge in [-0.3, -0.25) is 9.88 Å². The number of carbonyl (C=O) groups is 1. The Labute approximate surface area is 221 Å². The Hall–Kier alpha value is -3.76. The van der Waals surface area contributed by atoms with Gasteiger partial charge in [0.05, 0.1) is 52.1 Å². The maximum atomic E-state index is 11.5. The monoisotopic (exact) mass is 511 g/mol. The number of imidazole rings is 1. The third-order valence-electron chi connectivity index (χ3n) is 7.99. The van der Waals surface area contributed by atoms with Crippen LogP contribution in [0.2, 0.25) is 0 Å². The van der Waals surface area contributed by atoms with Gasteiger partial charge in [-0.25, -0.2) is 14.8 Å². The average molecular weight is 511 g/mol. The molecule has 0 aliphatic carbocycles. The van der Waals surface area contributed by atoms with E-state index in [2.05, 4.69) is 15.0 Å². The molecule has 6 rings (SSSR count). The zero-order valence-electron chi connectivity index (χ0n) is 21.9. The molecule has 2 aromatic carbocycles. The number of aromatic amines is 1. The van der Waals surface area contributed by atoms with Crippen molar-refractivity contribution in [2.75, 3.05) is 6.54 Å². The second-order valence-corrected chi connectivity index (χ2v) is 11.0. The van der Waals surface area contributed by atoms with E-state index in [1.54, 1.807) is 12.4 Å². The minimum absolute atomic E-state index is 0.223. The number of amides is 1. The molecule has 2 aliphatic rings. The molecule has 4 heterocycles. The van der Waals surface area contributed by atoms with E-state index in [0.29, 0.717) is 12.4 Å². The molecule has 2 fully saturated rings. The average Bonchev–Trinajstić information content (AvgIpc) is 3.61. The third kappa shape index (κ3) is 4.23. The predicted molar refractivity (Wildman–Crippen MR) is 145 cm³/mol. The maximum Gasteiger partial charge on any atom is 0.494 e. The van der Waals surface area contributed by atoms with Crippen LogP contribution in [0.15, 0.2) is 54.9 Å². The van der Waals surface area contributed by atoms with Gasteiger partial charge in [-0.15, -0.1) is 0 Å². The van der Waals surface area contributed by atoms with E-state index in [-0.39, 0.29) is 6.04 Å². The molecular formula is C28H30BN5O4. The van der Waals surface area contributed by atoms with Crippen molar-refractivity contribution in [3.05, 3.63) is 60.7 Å². The highest BCUT2D eigenvalue weighted by molar-refractivity contribution is 6.62. The number of H-pyrrole nitrogens is 1. The summed E-state index contributed by atoms with van der Waals surface area (Å²) in [7, 11) is -0.442. The summed E-state index contributed by atoms with van der Waals surface area (Å²) in [6, 6.07) is 13.7. The lowest BCUT2D eigenvalue weighted by molar-refractivity contribution is 0.00578. The van der Waals surface area contributed by atoms with Gasteiger partial charge in [-0.1, -0.05) is 30.3 Å². The van der Waals surface area contributed by atoms with Crippen molar-refractivity contribution in [1.82, 2.24) is 24.8 Å². The first-order valence-electron chi connectivity index (χ1n) is 12.9. The van der Waals surface area contributed by atoms with Gasteiger partial charge in [0.2, 0.25) is 0 Å². The number of hydrogen-bond acceptors (Lipinski definition) is 6. The van der Waals surface area contributed by atoms with Gasteiger partial charge < -0.3 is 19.4 Å². The lowest BCUT2D eigenvalue weighted by Gasteiger charge is -2.32. The van der Waals surface area contributed by atoms with Crippen LogP contribution in [-0.4, -0.2) is 60.9 Å². The van der Waals surface area contributed by atoms with Gasteiger partial charge in [-0.2, -0.15) is 0 Å². The number of benzene rings is 2. The van der Waals surface area contributed by atoms with Gasteiger partial charge in [0.15, 0.2) is 0 Å². The fourth-order valence-corrected chi connectivity index (χ4v) is 5.05. The number of hydrogen-bond donors (Lipinski definition) is 2. The molecule has 38 heavy (non-hydrogen) atoms. The second-order valence-electron chi connectivity index (χ2n) is 11.0. The van der Waals surface area contributed by atoms with Crippen LogP contribution in [0.5, 0.6) is 0 Å². The number of carboxylic acid groups (broad SMARTS) is 1. The zero-order valence-corrected chi connectivity index (χ0v) is 21.9. The number of likely N-dealkylation sites (tertiary alicyclic amines) is 1. The van der Waals surface area contributed by atoms with E-state index >= 15 is 0 Å². The summed E-state index contributed by atoms with van der Waals surface area (Å²) in [4.78, 5) is 30.2. The Balaban J connectivity index is 1.20. The highest BCUT2D eigenvalue weighted by Crippen LogP contribution is 2.37. The normalized spacial score (nSPS) is 20.4. The van der Waals surface area contributed by atoms with Gasteiger partial charge >= 0.3 is 13.2 Å². The lowest BCUT2D eigenvalue weighted by atomic mass is 9.79. The largest absolute Gasteiger partial charge is 0.494 e. The van der Waals surface area contributed by atoms with Gasteiger partial charge in [0, 0.05) is 12.1 Å². The fraction of sp³-hybridized carbons (Fsp3) is 0.357. The predicted octanol–water partition coefficient (Wildman–Crippen LogP) is 4.80. The van der Waals surface area contributed by atoms with Gasteiger partial charge in [0.25, 0.3) is 0 Å². The zero-order chi connectivity index (χ0) is 26.7. The van der Waals surface area contributed by atoms with Crippen molar-refractivity contribution in [1.29, 1.82) is 0 Å². The lowest BCUT2D eigenvalue weighted by Crippen LogP contribution is -2.41. The molecule has 9 nitrogen and oxygen atoms in total. The molecule has 1 amide bonds. The smallest absolute Gasteiger partial charge is 0.465 e. The van der Waals surface area contributed by atoms with Crippen LogP contribution < -0.4 is 5.46 Å². The van der Waals surface area contributed by atoms with E-state index in [0.717, 1.165) is 51.9 Å². The molecule has 194 valence electrons. The maximum absolute atomic E-state index is 11.5. The fourth-order valence-electron chi connectivity index (χ4n) is 5.05. The van der Waals surface area contributed by atoms with Crippen LogP contribution in [0.4, 0.5) is 4.79 Å². The molecule has 1 atom stereocenters. The van der Waals surface area contributed by atoms with Crippen molar-refractivity contribution in [2.45, 2.75) is 57.8 Å². The first-order chi connectivity index (χ1) is 18.1. The summed E-state index contributed by atoms with van der Waals surface area (Å²) in [5.41, 5.74) is 5.24. The number of rotatable bonds is 4. The molecule has 2 aliphatic heterocycles. The summed E-state index contributed by atoms with van der Waals surface area (Å²) in [6.45, 7) is 8.70. The van der Waals surface area contributed by atoms with Gasteiger partial charge in [-0.05, 0) is 63.7 Å².